The Morgan fingerprint density at radius 1 is 1.20 bits per heavy atom. The van der Waals surface area contributed by atoms with Crippen molar-refractivity contribution in [1.82, 2.24) is 14.5 Å². The Bertz CT molecular complexity index is 1110. The van der Waals surface area contributed by atoms with Crippen LogP contribution in [0, 0.1) is 0 Å². The van der Waals surface area contributed by atoms with Gasteiger partial charge in [-0.15, -0.1) is 0 Å². The van der Waals surface area contributed by atoms with Crippen LogP contribution in [-0.2, 0) is 18.2 Å². The van der Waals surface area contributed by atoms with Crippen LogP contribution < -0.4 is 10.5 Å². The molecule has 1 aliphatic heterocycles. The first-order chi connectivity index (χ1) is 14.6. The number of hydrogen-bond donors (Lipinski definition) is 0. The number of Topliss-reactive ketones (excluding diaryl/α,β-unsaturated/α-hetero) is 1. The van der Waals surface area contributed by atoms with E-state index in [0.29, 0.717) is 36.9 Å². The predicted molar refractivity (Wildman–Crippen MR) is 115 cm³/mol. The zero-order valence-electron chi connectivity index (χ0n) is 17.1. The lowest BCUT2D eigenvalue weighted by molar-refractivity contribution is 0.0336. The van der Waals surface area contributed by atoms with Gasteiger partial charge in [0.1, 0.15) is 6.10 Å². The number of benzene rings is 1. The number of rotatable bonds is 5. The molecule has 1 unspecified atom stereocenters. The molecule has 0 N–H and O–H groups in total. The summed E-state index contributed by atoms with van der Waals surface area (Å²) in [5.41, 5.74) is 2.95. The molecule has 7 nitrogen and oxygen atoms in total. The Kier molecular flexibility index (Phi) is 5.72. The second-order valence-electron chi connectivity index (χ2n) is 7.25. The molecule has 1 fully saturated rings. The standard InChI is InChI=1S/C23H24N4O3/c1-3-16-6-4-5-7-18(16)22(29)20-15-27(12-13-30-20)23-25-19(14-21(28)26(23)2)17-8-10-24-11-9-17/h4-11,14,20H,3,12-13,15H2,1-2H3. The monoisotopic (exact) mass is 404 g/mol. The van der Waals surface area contributed by atoms with Gasteiger partial charge in [0.15, 0.2) is 5.78 Å². The molecule has 0 radical (unpaired) electrons. The van der Waals surface area contributed by atoms with Crippen molar-refractivity contribution in [3.8, 4) is 11.3 Å². The molecule has 0 amide bonds. The van der Waals surface area contributed by atoms with Crippen molar-refractivity contribution in [3.63, 3.8) is 0 Å². The van der Waals surface area contributed by atoms with Gasteiger partial charge in [-0.2, -0.15) is 0 Å². The van der Waals surface area contributed by atoms with E-state index < -0.39 is 6.10 Å². The van der Waals surface area contributed by atoms with Gasteiger partial charge in [0.05, 0.1) is 18.8 Å². The minimum absolute atomic E-state index is 0.0348. The fourth-order valence-electron chi connectivity index (χ4n) is 3.71. The Morgan fingerprint density at radius 3 is 2.73 bits per heavy atom. The summed E-state index contributed by atoms with van der Waals surface area (Å²) in [6.07, 6.45) is 3.52. The van der Waals surface area contributed by atoms with Crippen LogP contribution in [0.1, 0.15) is 22.8 Å². The number of hydrogen-bond acceptors (Lipinski definition) is 6. The first-order valence-corrected chi connectivity index (χ1v) is 10.1. The Balaban J connectivity index is 1.64. The lowest BCUT2D eigenvalue weighted by atomic mass is 9.98. The van der Waals surface area contributed by atoms with Crippen LogP contribution in [0.2, 0.25) is 0 Å². The van der Waals surface area contributed by atoms with Crippen LogP contribution in [0.25, 0.3) is 11.3 Å². The minimum atomic E-state index is -0.604. The smallest absolute Gasteiger partial charge is 0.255 e. The predicted octanol–water partition coefficient (Wildman–Crippen LogP) is 2.49. The Labute approximate surface area is 175 Å². The van der Waals surface area contributed by atoms with Gasteiger partial charge in [0.2, 0.25) is 5.95 Å². The van der Waals surface area contributed by atoms with Crippen LogP contribution in [0.5, 0.6) is 0 Å². The molecule has 1 saturated heterocycles. The molecular weight excluding hydrogens is 380 g/mol. The van der Waals surface area contributed by atoms with Crippen molar-refractivity contribution in [1.29, 1.82) is 0 Å². The first kappa shape index (κ1) is 20.0. The second-order valence-corrected chi connectivity index (χ2v) is 7.25. The average Bonchev–Trinajstić information content (AvgIpc) is 2.81. The van der Waals surface area contributed by atoms with Gasteiger partial charge in [-0.1, -0.05) is 31.2 Å². The molecule has 2 aromatic heterocycles. The van der Waals surface area contributed by atoms with E-state index in [2.05, 4.69) is 4.98 Å². The number of aryl methyl sites for hydroxylation is 1. The van der Waals surface area contributed by atoms with Gasteiger partial charge in [-0.3, -0.25) is 19.1 Å². The fourth-order valence-corrected chi connectivity index (χ4v) is 3.71. The van der Waals surface area contributed by atoms with Crippen molar-refractivity contribution < 1.29 is 9.53 Å². The van der Waals surface area contributed by atoms with Crippen molar-refractivity contribution in [2.24, 2.45) is 7.05 Å². The lowest BCUT2D eigenvalue weighted by Gasteiger charge is -2.34. The summed E-state index contributed by atoms with van der Waals surface area (Å²) in [5, 5.41) is 0. The third-order valence-corrected chi connectivity index (χ3v) is 5.39. The van der Waals surface area contributed by atoms with E-state index in [-0.39, 0.29) is 11.3 Å². The third-order valence-electron chi connectivity index (χ3n) is 5.39. The maximum atomic E-state index is 13.1. The Hall–Kier alpha value is -3.32. The van der Waals surface area contributed by atoms with Gasteiger partial charge in [-0.05, 0) is 24.1 Å². The second kappa shape index (κ2) is 8.59. The van der Waals surface area contributed by atoms with Crippen molar-refractivity contribution in [3.05, 3.63) is 76.3 Å². The highest BCUT2D eigenvalue weighted by Crippen LogP contribution is 2.22. The number of carbonyl (C=O) groups excluding carboxylic acids is 1. The minimum Gasteiger partial charge on any atom is -0.366 e. The fraction of sp³-hybridized carbons (Fsp3) is 0.304. The van der Waals surface area contributed by atoms with E-state index in [0.717, 1.165) is 17.5 Å². The maximum absolute atomic E-state index is 13.1. The first-order valence-electron chi connectivity index (χ1n) is 10.1. The summed E-state index contributed by atoms with van der Waals surface area (Å²) in [6, 6.07) is 12.8. The number of ether oxygens (including phenoxy) is 1. The maximum Gasteiger partial charge on any atom is 0.255 e. The molecule has 3 aromatic rings. The lowest BCUT2D eigenvalue weighted by Crippen LogP contribution is -2.48. The highest BCUT2D eigenvalue weighted by atomic mass is 16.5. The van der Waals surface area contributed by atoms with Gasteiger partial charge < -0.3 is 9.64 Å². The van der Waals surface area contributed by atoms with Crippen molar-refractivity contribution in [2.75, 3.05) is 24.6 Å². The average molecular weight is 404 g/mol. The Morgan fingerprint density at radius 2 is 1.97 bits per heavy atom. The topological polar surface area (TPSA) is 77.3 Å². The van der Waals surface area contributed by atoms with Crippen molar-refractivity contribution >= 4 is 11.7 Å². The molecule has 30 heavy (non-hydrogen) atoms. The molecule has 7 heteroatoms. The summed E-state index contributed by atoms with van der Waals surface area (Å²) in [4.78, 5) is 36.4. The summed E-state index contributed by atoms with van der Waals surface area (Å²) in [7, 11) is 1.69. The number of aromatic nitrogens is 3. The summed E-state index contributed by atoms with van der Waals surface area (Å²) >= 11 is 0. The van der Waals surface area contributed by atoms with E-state index in [1.165, 1.54) is 10.6 Å². The van der Waals surface area contributed by atoms with E-state index in [1.54, 1.807) is 19.4 Å². The summed E-state index contributed by atoms with van der Waals surface area (Å²) < 4.78 is 7.33. The number of ketones is 1. The molecule has 4 rings (SSSR count). The van der Waals surface area contributed by atoms with Crippen LogP contribution in [0.15, 0.2) is 59.7 Å². The van der Waals surface area contributed by atoms with E-state index >= 15 is 0 Å². The number of carbonyl (C=O) groups is 1. The molecule has 154 valence electrons. The molecule has 1 aliphatic rings. The number of pyridine rings is 1. The third kappa shape index (κ3) is 3.89. The molecular formula is C23H24N4O3. The molecule has 1 atom stereocenters. The van der Waals surface area contributed by atoms with Crippen LogP contribution in [0.3, 0.4) is 0 Å². The molecule has 3 heterocycles. The van der Waals surface area contributed by atoms with Gasteiger partial charge in [0, 0.05) is 43.2 Å². The van der Waals surface area contributed by atoms with E-state index in [9.17, 15) is 9.59 Å². The highest BCUT2D eigenvalue weighted by Gasteiger charge is 2.30. The van der Waals surface area contributed by atoms with Gasteiger partial charge in [-0.25, -0.2) is 4.98 Å². The van der Waals surface area contributed by atoms with Gasteiger partial charge >= 0.3 is 0 Å². The van der Waals surface area contributed by atoms with Crippen LogP contribution in [-0.4, -0.2) is 46.1 Å². The normalized spacial score (nSPS) is 16.5. The number of morpholine rings is 1. The quantitative estimate of drug-likeness (QED) is 0.608. The molecule has 0 aliphatic carbocycles. The zero-order chi connectivity index (χ0) is 21.1. The van der Waals surface area contributed by atoms with E-state index in [4.69, 9.17) is 9.72 Å². The van der Waals surface area contributed by atoms with Crippen LogP contribution in [0.4, 0.5) is 5.95 Å². The largest absolute Gasteiger partial charge is 0.366 e. The molecule has 0 bridgehead atoms. The number of anilines is 1. The van der Waals surface area contributed by atoms with Gasteiger partial charge in [0.25, 0.3) is 5.56 Å². The molecule has 0 spiro atoms. The summed E-state index contributed by atoms with van der Waals surface area (Å²) in [5.74, 6) is 0.492. The zero-order valence-corrected chi connectivity index (χ0v) is 17.1. The summed E-state index contributed by atoms with van der Waals surface area (Å²) in [6.45, 7) is 3.32. The molecule has 1 aromatic carbocycles. The molecule has 0 saturated carbocycles. The highest BCUT2D eigenvalue weighted by molar-refractivity contribution is 6.01. The van der Waals surface area contributed by atoms with Crippen molar-refractivity contribution in [2.45, 2.75) is 19.4 Å². The SMILES string of the molecule is CCc1ccccc1C(=O)C1CN(c2nc(-c3ccncc3)cc(=O)n2C)CCO1. The van der Waals surface area contributed by atoms with E-state index in [1.807, 2.05) is 48.2 Å². The van der Waals surface area contributed by atoms with Crippen LogP contribution >= 0.6 is 0 Å². The number of nitrogens with zero attached hydrogens (tertiary/aromatic N) is 4.